The zero-order valence-corrected chi connectivity index (χ0v) is 12.0. The number of hydrogen-bond donors (Lipinski definition) is 0. The monoisotopic (exact) mass is 302 g/mol. The van der Waals surface area contributed by atoms with Gasteiger partial charge in [0.2, 0.25) is 0 Å². The Morgan fingerprint density at radius 2 is 2.30 bits per heavy atom. The molecule has 2 aromatic heterocycles. The zero-order chi connectivity index (χ0) is 13.9. The predicted octanol–water partition coefficient (Wildman–Crippen LogP) is 3.08. The van der Waals surface area contributed by atoms with E-state index < -0.39 is 0 Å². The molecule has 1 saturated heterocycles. The fourth-order valence-electron chi connectivity index (χ4n) is 1.81. The summed E-state index contributed by atoms with van der Waals surface area (Å²) in [6.07, 6.45) is 6.78. The molecule has 3 rings (SSSR count). The first-order valence-electron chi connectivity index (χ1n) is 5.92. The molecule has 0 N–H and O–H groups in total. The lowest BCUT2D eigenvalue weighted by Crippen LogP contribution is -2.27. The van der Waals surface area contributed by atoms with Gasteiger partial charge in [0, 0.05) is 12.4 Å². The molecule has 0 radical (unpaired) electrons. The third kappa shape index (κ3) is 2.66. The van der Waals surface area contributed by atoms with Crippen molar-refractivity contribution in [3.05, 3.63) is 59.2 Å². The number of hydrogen-bond acceptors (Lipinski definition) is 5. The van der Waals surface area contributed by atoms with Gasteiger partial charge in [-0.2, -0.15) is 0 Å². The van der Waals surface area contributed by atoms with Crippen LogP contribution in [0.25, 0.3) is 6.08 Å². The fourth-order valence-corrected chi connectivity index (χ4v) is 3.06. The van der Waals surface area contributed by atoms with E-state index in [2.05, 4.69) is 4.98 Å². The summed E-state index contributed by atoms with van der Waals surface area (Å²) in [4.78, 5) is 18.5. The molecule has 4 nitrogen and oxygen atoms in total. The number of thiocarbonyl (C=S) groups is 1. The van der Waals surface area contributed by atoms with Gasteiger partial charge in [0.1, 0.15) is 10.1 Å². The Morgan fingerprint density at radius 3 is 3.00 bits per heavy atom. The highest BCUT2D eigenvalue weighted by Gasteiger charge is 2.32. The number of thioether (sulfide) groups is 1. The molecule has 0 unspecified atom stereocenters. The Kier molecular flexibility index (Phi) is 3.66. The number of rotatable bonds is 3. The summed E-state index contributed by atoms with van der Waals surface area (Å²) in [6.45, 7) is 0.363. The Labute approximate surface area is 125 Å². The molecule has 20 heavy (non-hydrogen) atoms. The summed E-state index contributed by atoms with van der Waals surface area (Å²) < 4.78 is 5.80. The number of nitrogens with zero attached hydrogens (tertiary/aromatic N) is 2. The van der Waals surface area contributed by atoms with Crippen LogP contribution >= 0.6 is 24.0 Å². The van der Waals surface area contributed by atoms with Crippen LogP contribution in [0.4, 0.5) is 0 Å². The molecule has 0 aliphatic carbocycles. The number of furan rings is 1. The third-order valence-electron chi connectivity index (χ3n) is 2.75. The minimum atomic E-state index is -0.0970. The molecule has 2 aromatic rings. The lowest BCUT2D eigenvalue weighted by Gasteiger charge is -2.11. The normalized spacial score (nSPS) is 17.2. The van der Waals surface area contributed by atoms with Crippen molar-refractivity contribution in [1.29, 1.82) is 0 Å². The van der Waals surface area contributed by atoms with Crippen LogP contribution in [0.3, 0.4) is 0 Å². The van der Waals surface area contributed by atoms with E-state index in [0.29, 0.717) is 21.5 Å². The third-order valence-corrected chi connectivity index (χ3v) is 4.13. The van der Waals surface area contributed by atoms with Crippen LogP contribution in [-0.2, 0) is 11.3 Å². The second kappa shape index (κ2) is 5.60. The van der Waals surface area contributed by atoms with Gasteiger partial charge in [-0.05, 0) is 29.8 Å². The average Bonchev–Trinajstić information content (AvgIpc) is 3.05. The quantitative estimate of drug-likeness (QED) is 0.644. The van der Waals surface area contributed by atoms with E-state index in [0.717, 1.165) is 5.56 Å². The maximum Gasteiger partial charge on any atom is 0.266 e. The van der Waals surface area contributed by atoms with Crippen molar-refractivity contribution < 1.29 is 9.21 Å². The first kappa shape index (κ1) is 13.1. The van der Waals surface area contributed by atoms with Crippen LogP contribution in [0.5, 0.6) is 0 Å². The Hall–Kier alpha value is -1.92. The first-order chi connectivity index (χ1) is 9.74. The van der Waals surface area contributed by atoms with E-state index in [-0.39, 0.29) is 5.91 Å². The molecule has 6 heteroatoms. The molecule has 3 heterocycles. The van der Waals surface area contributed by atoms with Crippen LogP contribution in [0.15, 0.2) is 52.2 Å². The number of carbonyl (C=O) groups is 1. The molecular weight excluding hydrogens is 292 g/mol. The van der Waals surface area contributed by atoms with E-state index in [1.165, 1.54) is 11.8 Å². The van der Waals surface area contributed by atoms with Crippen molar-refractivity contribution in [2.24, 2.45) is 0 Å². The summed E-state index contributed by atoms with van der Waals surface area (Å²) >= 11 is 6.55. The topological polar surface area (TPSA) is 46.3 Å². The van der Waals surface area contributed by atoms with Crippen molar-refractivity contribution in [3.63, 3.8) is 0 Å². The largest absolute Gasteiger partial charge is 0.467 e. The van der Waals surface area contributed by atoms with Gasteiger partial charge >= 0.3 is 0 Å². The Balaban J connectivity index is 1.82. The summed E-state index contributed by atoms with van der Waals surface area (Å²) in [5.41, 5.74) is 0.881. The van der Waals surface area contributed by atoms with Crippen molar-refractivity contribution in [3.8, 4) is 0 Å². The van der Waals surface area contributed by atoms with Gasteiger partial charge in [0.25, 0.3) is 5.91 Å². The van der Waals surface area contributed by atoms with Gasteiger partial charge in [-0.3, -0.25) is 14.7 Å². The number of amides is 1. The number of carbonyl (C=O) groups excluding carboxylic acids is 1. The highest BCUT2D eigenvalue weighted by Crippen LogP contribution is 2.33. The molecule has 1 aliphatic rings. The molecular formula is C14H10N2O2S2. The second-order valence-corrected chi connectivity index (χ2v) is 5.81. The standard InChI is InChI=1S/C14H10N2O2S2/c17-13-12(7-10-3-1-5-15-8-10)20-14(19)16(13)9-11-4-2-6-18-11/h1-8H,9H2. The molecule has 100 valence electrons. The minimum absolute atomic E-state index is 0.0970. The van der Waals surface area contributed by atoms with Gasteiger partial charge in [-0.1, -0.05) is 30.0 Å². The molecule has 0 saturated carbocycles. The van der Waals surface area contributed by atoms with Crippen LogP contribution in [0.2, 0.25) is 0 Å². The molecule has 0 atom stereocenters. The molecule has 1 aliphatic heterocycles. The maximum absolute atomic E-state index is 12.3. The smallest absolute Gasteiger partial charge is 0.266 e. The van der Waals surface area contributed by atoms with E-state index in [9.17, 15) is 4.79 Å². The average molecular weight is 302 g/mol. The lowest BCUT2D eigenvalue weighted by molar-refractivity contribution is -0.122. The van der Waals surface area contributed by atoms with E-state index >= 15 is 0 Å². The van der Waals surface area contributed by atoms with E-state index in [4.69, 9.17) is 16.6 Å². The first-order valence-corrected chi connectivity index (χ1v) is 7.14. The van der Waals surface area contributed by atoms with Crippen molar-refractivity contribution in [2.75, 3.05) is 0 Å². The van der Waals surface area contributed by atoms with E-state index in [1.54, 1.807) is 35.7 Å². The number of aromatic nitrogens is 1. The van der Waals surface area contributed by atoms with Gasteiger partial charge in [-0.25, -0.2) is 0 Å². The fraction of sp³-hybridized carbons (Fsp3) is 0.0714. The molecule has 0 bridgehead atoms. The highest BCUT2D eigenvalue weighted by molar-refractivity contribution is 8.26. The SMILES string of the molecule is O=C1C(=Cc2cccnc2)SC(=S)N1Cc1ccco1. The minimum Gasteiger partial charge on any atom is -0.467 e. The van der Waals surface area contributed by atoms with Gasteiger partial charge in [0.05, 0.1) is 17.7 Å². The number of pyridine rings is 1. The van der Waals surface area contributed by atoms with Crippen molar-refractivity contribution >= 4 is 40.3 Å². The van der Waals surface area contributed by atoms with Gasteiger partial charge in [-0.15, -0.1) is 0 Å². The maximum atomic E-state index is 12.3. The summed E-state index contributed by atoms with van der Waals surface area (Å²) in [6, 6.07) is 7.34. The highest BCUT2D eigenvalue weighted by atomic mass is 32.2. The Morgan fingerprint density at radius 1 is 1.40 bits per heavy atom. The molecule has 0 spiro atoms. The van der Waals surface area contributed by atoms with Gasteiger partial charge < -0.3 is 4.42 Å². The second-order valence-electron chi connectivity index (χ2n) is 4.13. The molecule has 1 amide bonds. The summed E-state index contributed by atoms with van der Waals surface area (Å²) in [5.74, 6) is 0.615. The lowest BCUT2D eigenvalue weighted by atomic mass is 10.2. The van der Waals surface area contributed by atoms with Crippen LogP contribution in [-0.4, -0.2) is 20.1 Å². The molecule has 1 fully saturated rings. The van der Waals surface area contributed by atoms with Gasteiger partial charge in [0.15, 0.2) is 0 Å². The molecule has 0 aromatic carbocycles. The summed E-state index contributed by atoms with van der Waals surface area (Å²) in [5, 5.41) is 0. The van der Waals surface area contributed by atoms with Crippen LogP contribution in [0.1, 0.15) is 11.3 Å². The predicted molar refractivity (Wildman–Crippen MR) is 81.7 cm³/mol. The van der Waals surface area contributed by atoms with Crippen LogP contribution < -0.4 is 0 Å². The van der Waals surface area contributed by atoms with E-state index in [1.807, 2.05) is 18.2 Å². The Bertz CT molecular complexity index is 666. The zero-order valence-electron chi connectivity index (χ0n) is 10.4. The van der Waals surface area contributed by atoms with Crippen LogP contribution in [0, 0.1) is 0 Å². The van der Waals surface area contributed by atoms with Crippen molar-refractivity contribution in [1.82, 2.24) is 9.88 Å². The van der Waals surface area contributed by atoms with Crippen molar-refractivity contribution in [2.45, 2.75) is 6.54 Å². The summed E-state index contributed by atoms with van der Waals surface area (Å²) in [7, 11) is 0.